The standard InChI is InChI=1S/C19H27N3O3S/c23-18(21-9-11-25-12-10-21)13-20-5-7-22(8-6-20)19(24)16-14-26-17-4-2-1-3-15(16)17/h14H,1-13H2. The monoisotopic (exact) mass is 377 g/mol. The van der Waals surface area contributed by atoms with E-state index in [-0.39, 0.29) is 11.8 Å². The number of amides is 2. The molecule has 0 N–H and O–H groups in total. The molecule has 2 amide bonds. The fraction of sp³-hybridized carbons (Fsp3) is 0.684. The molecule has 0 bridgehead atoms. The molecule has 6 nitrogen and oxygen atoms in total. The lowest BCUT2D eigenvalue weighted by atomic mass is 9.95. The van der Waals surface area contributed by atoms with Crippen molar-refractivity contribution in [3.05, 3.63) is 21.4 Å². The quantitative estimate of drug-likeness (QED) is 0.795. The Balaban J connectivity index is 1.30. The number of thiophene rings is 1. The number of nitrogens with zero attached hydrogens (tertiary/aromatic N) is 3. The first-order valence-corrected chi connectivity index (χ1v) is 10.6. The molecule has 2 aliphatic heterocycles. The van der Waals surface area contributed by atoms with Crippen molar-refractivity contribution in [1.82, 2.24) is 14.7 Å². The topological polar surface area (TPSA) is 53.1 Å². The van der Waals surface area contributed by atoms with E-state index in [1.54, 1.807) is 11.3 Å². The molecule has 3 heterocycles. The van der Waals surface area contributed by atoms with Gasteiger partial charge in [0.25, 0.3) is 5.91 Å². The van der Waals surface area contributed by atoms with Crippen molar-refractivity contribution < 1.29 is 14.3 Å². The summed E-state index contributed by atoms with van der Waals surface area (Å²) in [5, 5.41) is 2.06. The third-order valence-corrected chi connectivity index (χ3v) is 6.76. The minimum absolute atomic E-state index is 0.181. The smallest absolute Gasteiger partial charge is 0.255 e. The minimum Gasteiger partial charge on any atom is -0.378 e. The molecule has 2 saturated heterocycles. The van der Waals surface area contributed by atoms with E-state index in [4.69, 9.17) is 4.74 Å². The zero-order chi connectivity index (χ0) is 17.9. The minimum atomic E-state index is 0.181. The van der Waals surface area contributed by atoms with E-state index in [1.807, 2.05) is 9.80 Å². The lowest BCUT2D eigenvalue weighted by Gasteiger charge is -2.36. The van der Waals surface area contributed by atoms with Crippen LogP contribution in [0.1, 0.15) is 33.6 Å². The molecule has 3 aliphatic rings. The van der Waals surface area contributed by atoms with Crippen molar-refractivity contribution in [2.24, 2.45) is 0 Å². The number of aryl methyl sites for hydroxylation is 1. The fourth-order valence-electron chi connectivity index (χ4n) is 4.06. The van der Waals surface area contributed by atoms with E-state index in [0.717, 1.165) is 31.5 Å². The summed E-state index contributed by atoms with van der Waals surface area (Å²) in [4.78, 5) is 32.7. The van der Waals surface area contributed by atoms with Crippen molar-refractivity contribution in [2.75, 3.05) is 59.0 Å². The molecular weight excluding hydrogens is 350 g/mol. The van der Waals surface area contributed by atoms with E-state index < -0.39 is 0 Å². The van der Waals surface area contributed by atoms with E-state index in [9.17, 15) is 9.59 Å². The predicted molar refractivity (Wildman–Crippen MR) is 101 cm³/mol. The molecule has 0 spiro atoms. The number of fused-ring (bicyclic) bond motifs is 1. The van der Waals surface area contributed by atoms with Gasteiger partial charge in [0.05, 0.1) is 25.3 Å². The van der Waals surface area contributed by atoms with Gasteiger partial charge in [-0.25, -0.2) is 0 Å². The second-order valence-corrected chi connectivity index (χ2v) is 8.28. The summed E-state index contributed by atoms with van der Waals surface area (Å²) in [6.45, 7) is 6.08. The number of ether oxygens (including phenoxy) is 1. The Bertz CT molecular complexity index is 661. The number of morpholine rings is 1. The maximum absolute atomic E-state index is 12.9. The van der Waals surface area contributed by atoms with Gasteiger partial charge in [0.1, 0.15) is 0 Å². The van der Waals surface area contributed by atoms with Crippen LogP contribution in [0.4, 0.5) is 0 Å². The zero-order valence-corrected chi connectivity index (χ0v) is 16.1. The largest absolute Gasteiger partial charge is 0.378 e. The highest BCUT2D eigenvalue weighted by molar-refractivity contribution is 7.10. The average molecular weight is 378 g/mol. The second kappa shape index (κ2) is 8.06. The molecule has 1 aromatic rings. The van der Waals surface area contributed by atoms with Gasteiger partial charge in [0.2, 0.25) is 5.91 Å². The fourth-order valence-corrected chi connectivity index (χ4v) is 5.18. The molecule has 142 valence electrons. The van der Waals surface area contributed by atoms with Gasteiger partial charge in [-0.05, 0) is 31.2 Å². The summed E-state index contributed by atoms with van der Waals surface area (Å²) in [5.41, 5.74) is 2.23. The van der Waals surface area contributed by atoms with E-state index in [2.05, 4.69) is 10.3 Å². The van der Waals surface area contributed by atoms with Crippen LogP contribution in [0.3, 0.4) is 0 Å². The molecule has 2 fully saturated rings. The Morgan fingerprint density at radius 3 is 2.46 bits per heavy atom. The van der Waals surface area contributed by atoms with Crippen LogP contribution in [0.5, 0.6) is 0 Å². The first-order valence-electron chi connectivity index (χ1n) is 9.69. The van der Waals surface area contributed by atoms with Crippen molar-refractivity contribution in [1.29, 1.82) is 0 Å². The lowest BCUT2D eigenvalue weighted by Crippen LogP contribution is -2.52. The van der Waals surface area contributed by atoms with Crippen LogP contribution in [-0.2, 0) is 22.4 Å². The van der Waals surface area contributed by atoms with Crippen LogP contribution < -0.4 is 0 Å². The Kier molecular flexibility index (Phi) is 5.57. The van der Waals surface area contributed by atoms with Gasteiger partial charge >= 0.3 is 0 Å². The number of rotatable bonds is 3. The average Bonchev–Trinajstić information content (AvgIpc) is 3.13. The molecule has 0 atom stereocenters. The molecule has 0 saturated carbocycles. The van der Waals surface area contributed by atoms with Crippen LogP contribution in [0.25, 0.3) is 0 Å². The molecule has 0 unspecified atom stereocenters. The highest BCUT2D eigenvalue weighted by Crippen LogP contribution is 2.31. The molecule has 0 radical (unpaired) electrons. The Morgan fingerprint density at radius 1 is 0.962 bits per heavy atom. The molecule has 0 aromatic carbocycles. The maximum Gasteiger partial charge on any atom is 0.255 e. The van der Waals surface area contributed by atoms with Gasteiger partial charge in [-0.2, -0.15) is 0 Å². The summed E-state index contributed by atoms with van der Waals surface area (Å²) >= 11 is 1.75. The highest BCUT2D eigenvalue weighted by Gasteiger charge is 2.28. The first kappa shape index (κ1) is 17.9. The van der Waals surface area contributed by atoms with Gasteiger partial charge in [0.15, 0.2) is 0 Å². The van der Waals surface area contributed by atoms with E-state index in [0.29, 0.717) is 45.9 Å². The van der Waals surface area contributed by atoms with Crippen LogP contribution in [0, 0.1) is 0 Å². The lowest BCUT2D eigenvalue weighted by molar-refractivity contribution is -0.136. The molecule has 1 aromatic heterocycles. The maximum atomic E-state index is 12.9. The van der Waals surface area contributed by atoms with Gasteiger partial charge in [-0.15, -0.1) is 11.3 Å². The van der Waals surface area contributed by atoms with Crippen LogP contribution in [0.15, 0.2) is 5.38 Å². The number of hydrogen-bond donors (Lipinski definition) is 0. The predicted octanol–water partition coefficient (Wildman–Crippen LogP) is 1.24. The summed E-state index contributed by atoms with van der Waals surface area (Å²) in [6, 6.07) is 0. The van der Waals surface area contributed by atoms with Crippen LogP contribution in [0.2, 0.25) is 0 Å². The number of hydrogen-bond acceptors (Lipinski definition) is 5. The van der Waals surface area contributed by atoms with Crippen molar-refractivity contribution in [3.8, 4) is 0 Å². The van der Waals surface area contributed by atoms with Crippen molar-refractivity contribution in [3.63, 3.8) is 0 Å². The number of carbonyl (C=O) groups is 2. The SMILES string of the molecule is O=C(CN1CCN(C(=O)c2csc3c2CCCC3)CC1)N1CCOCC1. The molecular formula is C19H27N3O3S. The Morgan fingerprint density at radius 2 is 1.69 bits per heavy atom. The zero-order valence-electron chi connectivity index (χ0n) is 15.2. The summed E-state index contributed by atoms with van der Waals surface area (Å²) < 4.78 is 5.30. The number of piperazine rings is 1. The van der Waals surface area contributed by atoms with Gasteiger partial charge < -0.3 is 14.5 Å². The van der Waals surface area contributed by atoms with Gasteiger partial charge in [-0.1, -0.05) is 0 Å². The molecule has 26 heavy (non-hydrogen) atoms. The second-order valence-electron chi connectivity index (χ2n) is 7.32. The summed E-state index contributed by atoms with van der Waals surface area (Å²) in [6.07, 6.45) is 4.62. The highest BCUT2D eigenvalue weighted by atomic mass is 32.1. The number of carbonyl (C=O) groups excluding carboxylic acids is 2. The van der Waals surface area contributed by atoms with Crippen molar-refractivity contribution in [2.45, 2.75) is 25.7 Å². The van der Waals surface area contributed by atoms with Crippen LogP contribution >= 0.6 is 11.3 Å². The van der Waals surface area contributed by atoms with E-state index >= 15 is 0 Å². The summed E-state index contributed by atoms with van der Waals surface area (Å²) in [5.74, 6) is 0.364. The van der Waals surface area contributed by atoms with E-state index in [1.165, 1.54) is 23.3 Å². The third-order valence-electron chi connectivity index (χ3n) is 5.67. The molecule has 7 heteroatoms. The Hall–Kier alpha value is -1.44. The third kappa shape index (κ3) is 3.80. The van der Waals surface area contributed by atoms with Crippen molar-refractivity contribution >= 4 is 23.2 Å². The molecule has 1 aliphatic carbocycles. The van der Waals surface area contributed by atoms with Gasteiger partial charge in [0, 0.05) is 49.5 Å². The Labute approximate surface area is 158 Å². The normalized spacial score (nSPS) is 21.5. The molecule has 4 rings (SSSR count). The summed E-state index contributed by atoms with van der Waals surface area (Å²) in [7, 11) is 0. The first-order chi connectivity index (χ1) is 12.7. The van der Waals surface area contributed by atoms with Gasteiger partial charge in [-0.3, -0.25) is 14.5 Å². The van der Waals surface area contributed by atoms with Crippen LogP contribution in [-0.4, -0.2) is 85.5 Å².